The van der Waals surface area contributed by atoms with Crippen molar-refractivity contribution in [3.05, 3.63) is 63.3 Å². The van der Waals surface area contributed by atoms with Crippen molar-refractivity contribution >= 4 is 41.6 Å². The van der Waals surface area contributed by atoms with E-state index in [1.54, 1.807) is 0 Å². The molecular weight excluding hydrogens is 411 g/mol. The second-order valence-electron chi connectivity index (χ2n) is 6.64. The highest BCUT2D eigenvalue weighted by atomic mass is 35.5. The summed E-state index contributed by atoms with van der Waals surface area (Å²) < 4.78 is 13.5. The van der Waals surface area contributed by atoms with E-state index in [-0.39, 0.29) is 29.5 Å². The molecule has 0 unspecified atom stereocenters. The molecule has 3 N–H and O–H groups in total. The van der Waals surface area contributed by atoms with E-state index in [1.807, 2.05) is 13.8 Å². The van der Waals surface area contributed by atoms with Crippen LogP contribution in [0, 0.1) is 5.82 Å². The van der Waals surface area contributed by atoms with Crippen LogP contribution in [0.4, 0.5) is 10.1 Å². The van der Waals surface area contributed by atoms with Gasteiger partial charge in [-0.2, -0.15) is 0 Å². The fraction of sp³-hybridized carbons (Fsp3) is 0.286. The van der Waals surface area contributed by atoms with E-state index >= 15 is 0 Å². The Labute approximate surface area is 179 Å². The number of carbonyl (C=O) groups excluding carboxylic acids is 2. The summed E-state index contributed by atoms with van der Waals surface area (Å²) in [4.78, 5) is 41.5. The standard InChI is InChI=1S/C21H23FN4O3.ClH/c1-3-26(4-2)10-9-23-19(27)15-7-6-14(24-20(15)28)12-17-16-11-13(22)5-8-18(16)25-21(17)29;/h5-8,11-12H,3-4,9-10H2,1-2H3,(H,23,27)(H,24,28)(H,25,29);1H/b17-12-;. The van der Waals surface area contributed by atoms with E-state index in [1.165, 1.54) is 36.4 Å². The summed E-state index contributed by atoms with van der Waals surface area (Å²) >= 11 is 0. The predicted molar refractivity (Wildman–Crippen MR) is 117 cm³/mol. The molecule has 2 aromatic rings. The first-order valence-electron chi connectivity index (χ1n) is 9.49. The van der Waals surface area contributed by atoms with Crippen LogP contribution in [-0.2, 0) is 4.79 Å². The molecule has 1 aromatic carbocycles. The molecule has 0 spiro atoms. The zero-order valence-electron chi connectivity index (χ0n) is 16.8. The van der Waals surface area contributed by atoms with E-state index < -0.39 is 17.3 Å². The zero-order valence-corrected chi connectivity index (χ0v) is 17.6. The molecule has 3 rings (SSSR count). The lowest BCUT2D eigenvalue weighted by molar-refractivity contribution is -0.110. The quantitative estimate of drug-likeness (QED) is 0.583. The van der Waals surface area contributed by atoms with Crippen molar-refractivity contribution in [3.8, 4) is 0 Å². The Balaban J connectivity index is 0.00000320. The number of amides is 2. The third-order valence-corrected chi connectivity index (χ3v) is 4.85. The number of pyridine rings is 1. The number of fused-ring (bicyclic) bond motifs is 1. The summed E-state index contributed by atoms with van der Waals surface area (Å²) in [6.07, 6.45) is 1.46. The maximum Gasteiger partial charge on any atom is 0.261 e. The minimum atomic E-state index is -0.558. The van der Waals surface area contributed by atoms with Crippen molar-refractivity contribution in [2.75, 3.05) is 31.5 Å². The minimum absolute atomic E-state index is 0. The Morgan fingerprint density at radius 2 is 1.90 bits per heavy atom. The van der Waals surface area contributed by atoms with Crippen molar-refractivity contribution in [2.45, 2.75) is 13.8 Å². The van der Waals surface area contributed by atoms with E-state index in [2.05, 4.69) is 20.5 Å². The number of nitrogens with one attached hydrogen (secondary N) is 3. The first-order chi connectivity index (χ1) is 13.9. The summed E-state index contributed by atoms with van der Waals surface area (Å²) in [5.74, 6) is -1.30. The van der Waals surface area contributed by atoms with Crippen LogP contribution in [0.3, 0.4) is 0 Å². The van der Waals surface area contributed by atoms with Gasteiger partial charge in [-0.1, -0.05) is 13.8 Å². The summed E-state index contributed by atoms with van der Waals surface area (Å²) in [7, 11) is 0. The van der Waals surface area contributed by atoms with Crippen molar-refractivity contribution in [1.82, 2.24) is 15.2 Å². The number of halogens is 2. The van der Waals surface area contributed by atoms with Gasteiger partial charge in [-0.15, -0.1) is 12.4 Å². The number of aromatic amines is 1. The number of hydrogen-bond donors (Lipinski definition) is 3. The molecule has 1 aliphatic rings. The normalized spacial score (nSPS) is 13.7. The molecule has 9 heteroatoms. The topological polar surface area (TPSA) is 94.3 Å². The molecule has 2 amide bonds. The average Bonchev–Trinajstić information content (AvgIpc) is 3.00. The lowest BCUT2D eigenvalue weighted by Crippen LogP contribution is -2.36. The largest absolute Gasteiger partial charge is 0.351 e. The third-order valence-electron chi connectivity index (χ3n) is 4.85. The minimum Gasteiger partial charge on any atom is -0.351 e. The second kappa shape index (κ2) is 10.2. The van der Waals surface area contributed by atoms with Gasteiger partial charge in [-0.3, -0.25) is 14.4 Å². The van der Waals surface area contributed by atoms with Gasteiger partial charge in [0.2, 0.25) is 0 Å². The van der Waals surface area contributed by atoms with Crippen LogP contribution in [0.1, 0.15) is 35.5 Å². The van der Waals surface area contributed by atoms with E-state index in [4.69, 9.17) is 0 Å². The average molecular weight is 435 g/mol. The number of rotatable bonds is 7. The first kappa shape index (κ1) is 23.3. The van der Waals surface area contributed by atoms with Gasteiger partial charge in [0.05, 0.1) is 5.57 Å². The number of hydrogen-bond acceptors (Lipinski definition) is 4. The van der Waals surface area contributed by atoms with Gasteiger partial charge >= 0.3 is 0 Å². The van der Waals surface area contributed by atoms with Gasteiger partial charge < -0.3 is 20.5 Å². The van der Waals surface area contributed by atoms with Gasteiger partial charge in [0.1, 0.15) is 11.4 Å². The van der Waals surface area contributed by atoms with Crippen LogP contribution in [0.15, 0.2) is 35.1 Å². The molecule has 1 aliphatic heterocycles. The molecule has 0 aliphatic carbocycles. The molecule has 0 saturated carbocycles. The Morgan fingerprint density at radius 3 is 2.57 bits per heavy atom. The van der Waals surface area contributed by atoms with Gasteiger partial charge in [0.25, 0.3) is 17.4 Å². The molecule has 1 aromatic heterocycles. The predicted octanol–water partition coefficient (Wildman–Crippen LogP) is 2.50. The fourth-order valence-corrected chi connectivity index (χ4v) is 3.17. The van der Waals surface area contributed by atoms with Crippen LogP contribution >= 0.6 is 12.4 Å². The van der Waals surface area contributed by atoms with Crippen LogP contribution in [0.5, 0.6) is 0 Å². The number of anilines is 1. The molecular formula is C21H24ClFN4O3. The van der Waals surface area contributed by atoms with E-state index in [0.29, 0.717) is 30.0 Å². The summed E-state index contributed by atoms with van der Waals surface area (Å²) in [5, 5.41) is 5.38. The summed E-state index contributed by atoms with van der Waals surface area (Å²) in [5.41, 5.74) is 0.957. The lowest BCUT2D eigenvalue weighted by atomic mass is 10.1. The molecule has 0 bridgehead atoms. The maximum atomic E-state index is 13.5. The number of aromatic nitrogens is 1. The van der Waals surface area contributed by atoms with E-state index in [9.17, 15) is 18.8 Å². The number of nitrogens with zero attached hydrogens (tertiary/aromatic N) is 1. The van der Waals surface area contributed by atoms with E-state index in [0.717, 1.165) is 13.1 Å². The first-order valence-corrected chi connectivity index (χ1v) is 9.49. The Morgan fingerprint density at radius 1 is 1.17 bits per heavy atom. The van der Waals surface area contributed by atoms with Crippen molar-refractivity contribution < 1.29 is 14.0 Å². The van der Waals surface area contributed by atoms with Crippen molar-refractivity contribution in [1.29, 1.82) is 0 Å². The fourth-order valence-electron chi connectivity index (χ4n) is 3.17. The number of H-pyrrole nitrogens is 1. The third kappa shape index (κ3) is 5.14. The Hall–Kier alpha value is -2.97. The lowest BCUT2D eigenvalue weighted by Gasteiger charge is -2.17. The molecule has 0 atom stereocenters. The summed E-state index contributed by atoms with van der Waals surface area (Å²) in [6, 6.07) is 6.96. The molecule has 160 valence electrons. The number of likely N-dealkylation sites (N-methyl/N-ethyl adjacent to an activating group) is 1. The van der Waals surface area contributed by atoms with Gasteiger partial charge in [0, 0.05) is 30.0 Å². The van der Waals surface area contributed by atoms with Crippen LogP contribution in [-0.4, -0.2) is 47.9 Å². The highest BCUT2D eigenvalue weighted by Gasteiger charge is 2.24. The monoisotopic (exact) mass is 434 g/mol. The molecule has 0 radical (unpaired) electrons. The van der Waals surface area contributed by atoms with Gasteiger partial charge in [-0.05, 0) is 49.5 Å². The summed E-state index contributed by atoms with van der Waals surface area (Å²) in [6.45, 7) is 7.00. The van der Waals surface area contributed by atoms with Crippen LogP contribution < -0.4 is 16.2 Å². The van der Waals surface area contributed by atoms with Crippen LogP contribution in [0.25, 0.3) is 11.6 Å². The molecule has 0 fully saturated rings. The Bertz CT molecular complexity index is 1030. The second-order valence-corrected chi connectivity index (χ2v) is 6.64. The molecule has 2 heterocycles. The smallest absolute Gasteiger partial charge is 0.261 e. The zero-order chi connectivity index (χ0) is 21.0. The SMILES string of the molecule is CCN(CC)CCNC(=O)c1ccc(/C=C2\C(=O)Nc3ccc(F)cc32)[nH]c1=O.Cl. The highest BCUT2D eigenvalue weighted by molar-refractivity contribution is 6.34. The molecule has 30 heavy (non-hydrogen) atoms. The molecule has 7 nitrogen and oxygen atoms in total. The van der Waals surface area contributed by atoms with Crippen LogP contribution in [0.2, 0.25) is 0 Å². The molecule has 0 saturated heterocycles. The number of benzene rings is 1. The number of carbonyl (C=O) groups is 2. The van der Waals surface area contributed by atoms with Gasteiger partial charge in [0.15, 0.2) is 0 Å². The Kier molecular flexibility index (Phi) is 7.91. The van der Waals surface area contributed by atoms with Crippen molar-refractivity contribution in [3.63, 3.8) is 0 Å². The van der Waals surface area contributed by atoms with Crippen molar-refractivity contribution in [2.24, 2.45) is 0 Å². The highest BCUT2D eigenvalue weighted by Crippen LogP contribution is 2.33. The van der Waals surface area contributed by atoms with Gasteiger partial charge in [-0.25, -0.2) is 4.39 Å². The maximum absolute atomic E-state index is 13.5.